The van der Waals surface area contributed by atoms with Gasteiger partial charge in [0, 0.05) is 26.4 Å². The summed E-state index contributed by atoms with van der Waals surface area (Å²) in [5, 5.41) is 3.27. The van der Waals surface area contributed by atoms with Gasteiger partial charge in [-0.25, -0.2) is 0 Å². The van der Waals surface area contributed by atoms with Gasteiger partial charge in [0.05, 0.1) is 46.2 Å². The van der Waals surface area contributed by atoms with Crippen LogP contribution in [0.5, 0.6) is 0 Å². The van der Waals surface area contributed by atoms with Crippen LogP contribution in [0.4, 0.5) is 0 Å². The lowest BCUT2D eigenvalue weighted by Gasteiger charge is -2.10. The minimum absolute atomic E-state index is 0.593. The molecule has 0 aromatic heterocycles. The Kier molecular flexibility index (Phi) is 21.5. The summed E-state index contributed by atoms with van der Waals surface area (Å²) in [6.07, 6.45) is 1.99. The first-order chi connectivity index (χ1) is 12.3. The van der Waals surface area contributed by atoms with Crippen LogP contribution in [0.1, 0.15) is 19.8 Å². The Hall–Kier alpha value is -0.280. The van der Waals surface area contributed by atoms with Crippen LogP contribution in [-0.4, -0.2) is 105 Å². The van der Waals surface area contributed by atoms with Crippen LogP contribution < -0.4 is 5.32 Å². The molecule has 0 spiro atoms. The average Bonchev–Trinajstić information content (AvgIpc) is 2.60. The molecule has 0 radical (unpaired) electrons. The van der Waals surface area contributed by atoms with Crippen molar-refractivity contribution in [1.82, 2.24) is 10.2 Å². The summed E-state index contributed by atoms with van der Waals surface area (Å²) in [4.78, 5) is 2.09. The summed E-state index contributed by atoms with van der Waals surface area (Å²) in [6.45, 7) is 11.8. The van der Waals surface area contributed by atoms with E-state index in [1.807, 2.05) is 14.1 Å². The molecule has 25 heavy (non-hydrogen) atoms. The summed E-state index contributed by atoms with van der Waals surface area (Å²) >= 11 is 0. The third kappa shape index (κ3) is 23.7. The van der Waals surface area contributed by atoms with Gasteiger partial charge in [-0.15, -0.1) is 0 Å². The van der Waals surface area contributed by atoms with Crippen LogP contribution in [0.25, 0.3) is 0 Å². The monoisotopic (exact) mass is 364 g/mol. The number of ether oxygens (including phenoxy) is 5. The third-order valence-corrected chi connectivity index (χ3v) is 3.27. The fourth-order valence-electron chi connectivity index (χ4n) is 1.85. The number of rotatable bonds is 21. The van der Waals surface area contributed by atoms with Crippen LogP contribution in [-0.2, 0) is 23.7 Å². The van der Waals surface area contributed by atoms with Gasteiger partial charge in [-0.3, -0.25) is 0 Å². The van der Waals surface area contributed by atoms with Gasteiger partial charge in [-0.2, -0.15) is 0 Å². The first-order valence-corrected chi connectivity index (χ1v) is 9.51. The van der Waals surface area contributed by atoms with Gasteiger partial charge >= 0.3 is 0 Å². The van der Waals surface area contributed by atoms with E-state index in [2.05, 4.69) is 17.1 Å². The van der Waals surface area contributed by atoms with E-state index in [4.69, 9.17) is 23.7 Å². The Morgan fingerprint density at radius 2 is 1.04 bits per heavy atom. The number of hydrogen-bond acceptors (Lipinski definition) is 7. The van der Waals surface area contributed by atoms with E-state index < -0.39 is 0 Å². The highest BCUT2D eigenvalue weighted by Gasteiger charge is 1.94. The fraction of sp³-hybridized carbons (Fsp3) is 1.00. The van der Waals surface area contributed by atoms with Gasteiger partial charge in [-0.1, -0.05) is 6.92 Å². The topological polar surface area (TPSA) is 61.4 Å². The zero-order valence-corrected chi connectivity index (χ0v) is 16.6. The van der Waals surface area contributed by atoms with Crippen LogP contribution in [0.2, 0.25) is 0 Å². The van der Waals surface area contributed by atoms with Gasteiger partial charge < -0.3 is 33.9 Å². The molecule has 1 N–H and O–H groups in total. The van der Waals surface area contributed by atoms with Crippen molar-refractivity contribution in [3.05, 3.63) is 0 Å². The van der Waals surface area contributed by atoms with Gasteiger partial charge in [-0.05, 0) is 40.0 Å². The lowest BCUT2D eigenvalue weighted by atomic mass is 10.4. The summed E-state index contributed by atoms with van der Waals surface area (Å²) < 4.78 is 27.3. The summed E-state index contributed by atoms with van der Waals surface area (Å²) in [5.74, 6) is 0. The van der Waals surface area contributed by atoms with Crippen LogP contribution >= 0.6 is 0 Å². The molecule has 0 unspecified atom stereocenters. The summed E-state index contributed by atoms with van der Waals surface area (Å²) in [5.41, 5.74) is 0. The van der Waals surface area contributed by atoms with Crippen molar-refractivity contribution in [2.45, 2.75) is 19.8 Å². The Labute approximate surface area is 154 Å². The predicted octanol–water partition coefficient (Wildman–Crippen LogP) is 1.02. The highest BCUT2D eigenvalue weighted by Crippen LogP contribution is 1.88. The van der Waals surface area contributed by atoms with Gasteiger partial charge in [0.25, 0.3) is 0 Å². The van der Waals surface area contributed by atoms with Crippen LogP contribution in [0.3, 0.4) is 0 Å². The molecule has 0 bridgehead atoms. The third-order valence-electron chi connectivity index (χ3n) is 3.27. The second-order valence-electron chi connectivity index (χ2n) is 5.93. The lowest BCUT2D eigenvalue weighted by Crippen LogP contribution is -2.19. The molecule has 0 saturated heterocycles. The SMILES string of the molecule is CCNCCCOCCCOCCOCCOCCOCCN(C)C. The first kappa shape index (κ1) is 24.7. The molecule has 0 aliphatic rings. The number of nitrogens with zero attached hydrogens (tertiary/aromatic N) is 1. The normalized spacial score (nSPS) is 11.5. The molecular formula is C18H40N2O5. The van der Waals surface area contributed by atoms with E-state index in [1.165, 1.54) is 0 Å². The maximum atomic E-state index is 5.52. The highest BCUT2D eigenvalue weighted by atomic mass is 16.6. The quantitative estimate of drug-likeness (QED) is 0.305. The predicted molar refractivity (Wildman–Crippen MR) is 100 cm³/mol. The Morgan fingerprint density at radius 1 is 0.600 bits per heavy atom. The Balaban J connectivity index is 2.96. The largest absolute Gasteiger partial charge is 0.381 e. The number of likely N-dealkylation sites (N-methyl/N-ethyl adjacent to an activating group) is 1. The molecule has 0 aliphatic carbocycles. The molecule has 7 heteroatoms. The molecule has 0 aliphatic heterocycles. The maximum Gasteiger partial charge on any atom is 0.0701 e. The maximum absolute atomic E-state index is 5.52. The Bertz CT molecular complexity index is 246. The van der Waals surface area contributed by atoms with Gasteiger partial charge in [0.15, 0.2) is 0 Å². The zero-order chi connectivity index (χ0) is 18.4. The summed E-state index contributed by atoms with van der Waals surface area (Å²) in [6, 6.07) is 0. The highest BCUT2D eigenvalue weighted by molar-refractivity contribution is 4.43. The number of nitrogens with one attached hydrogen (secondary N) is 1. The molecule has 152 valence electrons. The standard InChI is InChI=1S/C18H40N2O5/c1-4-19-7-5-9-21-10-6-11-22-13-15-24-17-18-25-16-14-23-12-8-20(2)3/h19H,4-18H2,1-3H3. The van der Waals surface area contributed by atoms with Crippen molar-refractivity contribution in [2.24, 2.45) is 0 Å². The van der Waals surface area contributed by atoms with Crippen molar-refractivity contribution < 1.29 is 23.7 Å². The molecule has 7 nitrogen and oxygen atoms in total. The van der Waals surface area contributed by atoms with Crippen molar-refractivity contribution in [2.75, 3.05) is 99.8 Å². The average molecular weight is 365 g/mol. The molecule has 0 amide bonds. The molecule has 0 heterocycles. The van der Waals surface area contributed by atoms with E-state index in [0.29, 0.717) is 39.6 Å². The minimum Gasteiger partial charge on any atom is -0.381 e. The molecular weight excluding hydrogens is 324 g/mol. The zero-order valence-electron chi connectivity index (χ0n) is 16.6. The lowest BCUT2D eigenvalue weighted by molar-refractivity contribution is -0.00515. The van der Waals surface area contributed by atoms with Crippen molar-refractivity contribution in [3.63, 3.8) is 0 Å². The summed E-state index contributed by atoms with van der Waals surface area (Å²) in [7, 11) is 4.06. The van der Waals surface area contributed by atoms with Crippen molar-refractivity contribution in [1.29, 1.82) is 0 Å². The van der Waals surface area contributed by atoms with Crippen molar-refractivity contribution >= 4 is 0 Å². The van der Waals surface area contributed by atoms with E-state index in [9.17, 15) is 0 Å². The van der Waals surface area contributed by atoms with E-state index in [1.54, 1.807) is 0 Å². The molecule has 0 rings (SSSR count). The molecule has 0 aromatic rings. The Morgan fingerprint density at radius 3 is 1.56 bits per heavy atom. The minimum atomic E-state index is 0.593. The van der Waals surface area contributed by atoms with Crippen LogP contribution in [0.15, 0.2) is 0 Å². The van der Waals surface area contributed by atoms with E-state index in [0.717, 1.165) is 58.9 Å². The number of hydrogen-bond donors (Lipinski definition) is 1. The smallest absolute Gasteiger partial charge is 0.0701 e. The second kappa shape index (κ2) is 21.8. The van der Waals surface area contributed by atoms with Gasteiger partial charge in [0.2, 0.25) is 0 Å². The first-order valence-electron chi connectivity index (χ1n) is 9.51. The van der Waals surface area contributed by atoms with E-state index in [-0.39, 0.29) is 0 Å². The van der Waals surface area contributed by atoms with Gasteiger partial charge in [0.1, 0.15) is 0 Å². The molecule has 0 aromatic carbocycles. The van der Waals surface area contributed by atoms with Crippen molar-refractivity contribution in [3.8, 4) is 0 Å². The molecule has 0 atom stereocenters. The van der Waals surface area contributed by atoms with Crippen LogP contribution in [0, 0.1) is 0 Å². The fourth-order valence-corrected chi connectivity index (χ4v) is 1.85. The molecule has 0 saturated carbocycles. The molecule has 0 fully saturated rings. The van der Waals surface area contributed by atoms with E-state index >= 15 is 0 Å². The second-order valence-corrected chi connectivity index (χ2v) is 5.93.